The summed E-state index contributed by atoms with van der Waals surface area (Å²) in [5, 5.41) is 16.6. The van der Waals surface area contributed by atoms with E-state index in [2.05, 4.69) is 35.5 Å². The zero-order valence-electron chi connectivity index (χ0n) is 26.9. The minimum absolute atomic E-state index is 0.0274. The number of fused-ring (bicyclic) bond motifs is 1. The molecule has 2 atom stereocenters. The van der Waals surface area contributed by atoms with Gasteiger partial charge in [-0.05, 0) is 63.9 Å². The third kappa shape index (κ3) is 7.32. The Kier molecular flexibility index (Phi) is 8.92. The average molecular weight is 722 g/mol. The molecule has 0 bridgehead atoms. The van der Waals surface area contributed by atoms with Crippen LogP contribution in [-0.2, 0) is 37.8 Å². The number of carbonyl (C=O) groups is 2. The Morgan fingerprint density at radius 3 is 2.48 bits per heavy atom. The predicted octanol–water partition coefficient (Wildman–Crippen LogP) is 4.57. The Labute approximate surface area is 282 Å². The number of anilines is 1. The maximum atomic E-state index is 15.6. The second kappa shape index (κ2) is 12.8. The molecule has 0 aliphatic carbocycles. The normalized spacial score (nSPS) is 21.0. The molecule has 266 valence electrons. The summed E-state index contributed by atoms with van der Waals surface area (Å²) in [5.41, 5.74) is -2.16. The van der Waals surface area contributed by atoms with Crippen molar-refractivity contribution in [1.82, 2.24) is 31.0 Å². The molecule has 4 aromatic rings. The Balaban J connectivity index is 1.37. The van der Waals surface area contributed by atoms with E-state index in [1.54, 1.807) is 20.8 Å². The summed E-state index contributed by atoms with van der Waals surface area (Å²) >= 11 is 0. The number of aromatic nitrogens is 4. The molecular weight excluding hydrogens is 690 g/mol. The molecule has 0 radical (unpaired) electrons. The highest BCUT2D eigenvalue weighted by molar-refractivity contribution is 7.91. The molecule has 19 heteroatoms. The maximum absolute atomic E-state index is 15.6. The number of ether oxygens (including phenoxy) is 1. The van der Waals surface area contributed by atoms with Crippen LogP contribution in [0.4, 0.5) is 28.0 Å². The number of rotatable bonds is 6. The number of hydrogen-bond acceptors (Lipinski definition) is 12. The highest BCUT2D eigenvalue weighted by Gasteiger charge is 2.42. The monoisotopic (exact) mass is 721 g/mol. The lowest BCUT2D eigenvalue weighted by Crippen LogP contribution is -2.51. The van der Waals surface area contributed by atoms with Gasteiger partial charge < -0.3 is 29.2 Å². The van der Waals surface area contributed by atoms with Crippen LogP contribution in [0.15, 0.2) is 56.3 Å². The van der Waals surface area contributed by atoms with E-state index < -0.39 is 57.0 Å². The molecular formula is C31H31F4N7O7S. The van der Waals surface area contributed by atoms with Crippen LogP contribution < -0.4 is 15.5 Å². The number of alkyl halides is 4. The van der Waals surface area contributed by atoms with Gasteiger partial charge in [-0.15, -0.1) is 10.2 Å². The number of hydrogen-bond donors (Lipinski definition) is 2. The van der Waals surface area contributed by atoms with Gasteiger partial charge in [0.05, 0.1) is 22.9 Å². The summed E-state index contributed by atoms with van der Waals surface area (Å²) in [6.07, 6.45) is -5.15. The van der Waals surface area contributed by atoms with E-state index in [1.165, 1.54) is 42.5 Å². The highest BCUT2D eigenvalue weighted by atomic mass is 32.2. The molecule has 2 aromatic carbocycles. The smallest absolute Gasteiger partial charge is 0.444 e. The van der Waals surface area contributed by atoms with Gasteiger partial charge in [0, 0.05) is 17.7 Å². The van der Waals surface area contributed by atoms with Gasteiger partial charge in [0.15, 0.2) is 15.5 Å². The second-order valence-corrected chi connectivity index (χ2v) is 14.9. The number of amides is 2. The van der Waals surface area contributed by atoms with Crippen molar-refractivity contribution in [3.05, 3.63) is 59.8 Å². The first kappa shape index (κ1) is 34.9. The van der Waals surface area contributed by atoms with Crippen molar-refractivity contribution >= 4 is 27.5 Å². The van der Waals surface area contributed by atoms with Crippen LogP contribution in [0.5, 0.6) is 0 Å². The standard InChI is InChI=1S/C31H31F4N7O7S/c1-29(2,3)48-28(44)37-20-15-50(45,46)22-10-9-19(24-39-40-26(47-24)30(32)11-4-12-36-16-30)13-21(22)42(25(20)43)14-17-5-7-18(8-6-17)23-38-27(49-41-23)31(33,34)35/h5-10,13,20,36H,4,11-12,14-16H2,1-3H3,(H,37,44)/t20-,30?/m0/s1. The fourth-order valence-electron chi connectivity index (χ4n) is 5.50. The van der Waals surface area contributed by atoms with Gasteiger partial charge in [-0.25, -0.2) is 17.6 Å². The summed E-state index contributed by atoms with van der Waals surface area (Å²) in [6.45, 7) is 5.15. The predicted molar refractivity (Wildman–Crippen MR) is 166 cm³/mol. The molecule has 2 amide bonds. The van der Waals surface area contributed by atoms with E-state index in [-0.39, 0.29) is 58.8 Å². The van der Waals surface area contributed by atoms with Crippen molar-refractivity contribution in [3.8, 4) is 22.8 Å². The van der Waals surface area contributed by atoms with Crippen molar-refractivity contribution in [3.63, 3.8) is 0 Å². The first-order valence-corrected chi connectivity index (χ1v) is 17.0. The van der Waals surface area contributed by atoms with Crippen molar-refractivity contribution in [2.75, 3.05) is 23.7 Å². The van der Waals surface area contributed by atoms with Gasteiger partial charge in [0.25, 0.3) is 11.8 Å². The molecule has 1 unspecified atom stereocenters. The molecule has 1 fully saturated rings. The SMILES string of the molecule is CC(C)(C)OC(=O)N[C@H]1CS(=O)(=O)c2ccc(-c3nnc(C4(F)CCCNC4)o3)cc2N(Cc2ccc(-c3noc(C(F)(F)F)n3)cc2)C1=O. The molecule has 2 aromatic heterocycles. The summed E-state index contributed by atoms with van der Waals surface area (Å²) < 4.78 is 97.2. The fourth-order valence-corrected chi connectivity index (χ4v) is 7.11. The first-order chi connectivity index (χ1) is 23.4. The minimum atomic E-state index is -4.84. The second-order valence-electron chi connectivity index (χ2n) is 12.9. The van der Waals surface area contributed by atoms with Crippen LogP contribution in [0.25, 0.3) is 22.8 Å². The average Bonchev–Trinajstić information content (AvgIpc) is 3.73. The van der Waals surface area contributed by atoms with E-state index in [4.69, 9.17) is 9.15 Å². The van der Waals surface area contributed by atoms with Crippen LogP contribution in [-0.4, -0.2) is 71.2 Å². The number of sulfone groups is 1. The minimum Gasteiger partial charge on any atom is -0.444 e. The van der Waals surface area contributed by atoms with E-state index in [0.717, 1.165) is 4.90 Å². The topological polar surface area (TPSA) is 183 Å². The van der Waals surface area contributed by atoms with E-state index in [9.17, 15) is 31.2 Å². The molecule has 6 rings (SSSR count). The number of alkyl carbamates (subject to hydrolysis) is 1. The zero-order chi connectivity index (χ0) is 36.1. The lowest BCUT2D eigenvalue weighted by atomic mass is 9.96. The largest absolute Gasteiger partial charge is 0.471 e. The third-order valence-corrected chi connectivity index (χ3v) is 9.62. The van der Waals surface area contributed by atoms with Gasteiger partial charge >= 0.3 is 18.2 Å². The van der Waals surface area contributed by atoms with E-state index in [0.29, 0.717) is 18.5 Å². The molecule has 2 N–H and O–H groups in total. The molecule has 2 aliphatic heterocycles. The van der Waals surface area contributed by atoms with Crippen molar-refractivity contribution in [2.45, 2.75) is 68.5 Å². The molecule has 0 saturated carbocycles. The van der Waals surface area contributed by atoms with Crippen molar-refractivity contribution in [1.29, 1.82) is 0 Å². The Hall–Kier alpha value is -4.91. The Bertz CT molecular complexity index is 2020. The Morgan fingerprint density at radius 2 is 1.84 bits per heavy atom. The summed E-state index contributed by atoms with van der Waals surface area (Å²) in [4.78, 5) is 31.1. The molecule has 2 aliphatic rings. The van der Waals surface area contributed by atoms with Gasteiger partial charge in [0.2, 0.25) is 11.7 Å². The quantitative estimate of drug-likeness (QED) is 0.265. The number of nitrogens with zero attached hydrogens (tertiary/aromatic N) is 5. The van der Waals surface area contributed by atoms with Crippen LogP contribution in [0.3, 0.4) is 0 Å². The van der Waals surface area contributed by atoms with Crippen molar-refractivity contribution in [2.24, 2.45) is 0 Å². The van der Waals surface area contributed by atoms with Gasteiger partial charge in [-0.3, -0.25) is 4.79 Å². The van der Waals surface area contributed by atoms with Crippen LogP contribution in [0, 0.1) is 0 Å². The van der Waals surface area contributed by atoms with E-state index in [1.807, 2.05) is 0 Å². The molecule has 1 saturated heterocycles. The van der Waals surface area contributed by atoms with Crippen LogP contribution in [0.2, 0.25) is 0 Å². The van der Waals surface area contributed by atoms with Gasteiger partial charge in [0.1, 0.15) is 11.6 Å². The highest BCUT2D eigenvalue weighted by Crippen LogP contribution is 2.38. The first-order valence-electron chi connectivity index (χ1n) is 15.3. The molecule has 0 spiro atoms. The maximum Gasteiger partial charge on any atom is 0.471 e. The lowest BCUT2D eigenvalue weighted by molar-refractivity contribution is -0.159. The zero-order valence-corrected chi connectivity index (χ0v) is 27.7. The van der Waals surface area contributed by atoms with Crippen LogP contribution in [0.1, 0.15) is 51.0 Å². The molecule has 50 heavy (non-hydrogen) atoms. The van der Waals surface area contributed by atoms with Crippen LogP contribution >= 0.6 is 0 Å². The number of piperidine rings is 1. The number of nitrogens with one attached hydrogen (secondary N) is 2. The van der Waals surface area contributed by atoms with E-state index >= 15 is 4.39 Å². The molecule has 4 heterocycles. The number of halogens is 4. The summed E-state index contributed by atoms with van der Waals surface area (Å²) in [7, 11) is -4.23. The summed E-state index contributed by atoms with van der Waals surface area (Å²) in [5.74, 6) is -3.82. The van der Waals surface area contributed by atoms with Gasteiger partial charge in [-0.2, -0.15) is 18.2 Å². The number of carbonyl (C=O) groups excluding carboxylic acids is 2. The van der Waals surface area contributed by atoms with Gasteiger partial charge in [-0.1, -0.05) is 29.4 Å². The Morgan fingerprint density at radius 1 is 1.12 bits per heavy atom. The fraction of sp³-hybridized carbons (Fsp3) is 0.419. The molecule has 14 nitrogen and oxygen atoms in total. The summed E-state index contributed by atoms with van der Waals surface area (Å²) in [6, 6.07) is 8.17. The third-order valence-electron chi connectivity index (χ3n) is 7.83. The number of benzene rings is 2. The lowest BCUT2D eigenvalue weighted by Gasteiger charge is -2.27. The van der Waals surface area contributed by atoms with Crippen molar-refractivity contribution < 1.29 is 49.2 Å².